The molecule has 2 aromatic carbocycles. The van der Waals surface area contributed by atoms with Crippen LogP contribution < -0.4 is 14.8 Å². The van der Waals surface area contributed by atoms with Crippen LogP contribution in [0.3, 0.4) is 0 Å². The number of halogens is 2. The lowest BCUT2D eigenvalue weighted by atomic mass is 10.1. The number of methoxy groups -OCH3 is 2. The van der Waals surface area contributed by atoms with E-state index in [4.69, 9.17) is 9.47 Å². The maximum Gasteiger partial charge on any atom is 0.251 e. The molecule has 2 aromatic rings. The number of amides is 1. The third kappa shape index (κ3) is 3.97. The molecule has 0 aromatic heterocycles. The molecule has 1 N–H and O–H groups in total. The summed E-state index contributed by atoms with van der Waals surface area (Å²) in [5, 5.41) is 2.69. The molecule has 0 saturated heterocycles. The van der Waals surface area contributed by atoms with Crippen molar-refractivity contribution in [1.29, 1.82) is 0 Å². The minimum Gasteiger partial charge on any atom is -0.497 e. The van der Waals surface area contributed by atoms with Gasteiger partial charge in [-0.2, -0.15) is 0 Å². The van der Waals surface area contributed by atoms with Crippen LogP contribution in [0.5, 0.6) is 11.5 Å². The second-order valence-corrected chi connectivity index (χ2v) is 4.96. The van der Waals surface area contributed by atoms with Gasteiger partial charge in [0.2, 0.25) is 0 Å². The molecule has 122 valence electrons. The van der Waals surface area contributed by atoms with Gasteiger partial charge in [-0.25, -0.2) is 8.78 Å². The van der Waals surface area contributed by atoms with Crippen LogP contribution in [-0.4, -0.2) is 20.1 Å². The monoisotopic (exact) mass is 321 g/mol. The lowest BCUT2D eigenvalue weighted by Crippen LogP contribution is -2.27. The van der Waals surface area contributed by atoms with Crippen molar-refractivity contribution in [2.45, 2.75) is 13.0 Å². The lowest BCUT2D eigenvalue weighted by Gasteiger charge is -2.18. The highest BCUT2D eigenvalue weighted by Gasteiger charge is 2.17. The van der Waals surface area contributed by atoms with Gasteiger partial charge in [0.1, 0.15) is 23.1 Å². The Labute approximate surface area is 133 Å². The van der Waals surface area contributed by atoms with Crippen LogP contribution >= 0.6 is 0 Å². The van der Waals surface area contributed by atoms with Crippen molar-refractivity contribution in [3.05, 3.63) is 59.2 Å². The van der Waals surface area contributed by atoms with E-state index in [1.165, 1.54) is 14.2 Å². The summed E-state index contributed by atoms with van der Waals surface area (Å²) in [6, 6.07) is 7.42. The van der Waals surface area contributed by atoms with Crippen LogP contribution in [0.4, 0.5) is 8.78 Å². The minimum atomic E-state index is -0.804. The number of carbonyl (C=O) groups excluding carboxylic acids is 1. The van der Waals surface area contributed by atoms with Crippen LogP contribution in [0.25, 0.3) is 0 Å². The zero-order chi connectivity index (χ0) is 17.0. The van der Waals surface area contributed by atoms with Crippen molar-refractivity contribution in [2.24, 2.45) is 0 Å². The van der Waals surface area contributed by atoms with E-state index in [0.29, 0.717) is 23.1 Å². The highest BCUT2D eigenvalue weighted by molar-refractivity contribution is 5.94. The molecule has 0 aliphatic carbocycles. The van der Waals surface area contributed by atoms with Crippen LogP contribution in [0, 0.1) is 11.6 Å². The fourth-order valence-electron chi connectivity index (χ4n) is 2.22. The number of benzene rings is 2. The molecule has 1 atom stereocenters. The summed E-state index contributed by atoms with van der Waals surface area (Å²) in [7, 11) is 3.05. The van der Waals surface area contributed by atoms with Gasteiger partial charge in [0, 0.05) is 17.2 Å². The van der Waals surface area contributed by atoms with E-state index in [1.807, 2.05) is 0 Å². The van der Waals surface area contributed by atoms with Gasteiger partial charge in [-0.05, 0) is 37.3 Å². The Balaban J connectivity index is 2.24. The average Bonchev–Trinajstić information content (AvgIpc) is 2.53. The molecule has 1 unspecified atom stereocenters. The van der Waals surface area contributed by atoms with Crippen molar-refractivity contribution in [1.82, 2.24) is 5.32 Å². The van der Waals surface area contributed by atoms with Crippen molar-refractivity contribution in [3.63, 3.8) is 0 Å². The molecule has 0 fully saturated rings. The Morgan fingerprint density at radius 1 is 1.04 bits per heavy atom. The van der Waals surface area contributed by atoms with E-state index >= 15 is 0 Å². The highest BCUT2D eigenvalue weighted by atomic mass is 19.1. The molecular formula is C17H17F2NO3. The molecule has 4 nitrogen and oxygen atoms in total. The highest BCUT2D eigenvalue weighted by Crippen LogP contribution is 2.29. The number of ether oxygens (including phenoxy) is 2. The van der Waals surface area contributed by atoms with E-state index in [-0.39, 0.29) is 5.56 Å². The predicted molar refractivity (Wildman–Crippen MR) is 81.8 cm³/mol. The minimum absolute atomic E-state index is 0.0868. The van der Waals surface area contributed by atoms with Gasteiger partial charge in [-0.3, -0.25) is 4.79 Å². The quantitative estimate of drug-likeness (QED) is 0.917. The second kappa shape index (κ2) is 7.09. The molecule has 0 aliphatic heterocycles. The first-order valence-corrected chi connectivity index (χ1v) is 6.93. The molecule has 0 saturated carbocycles. The molecule has 0 heterocycles. The first-order chi connectivity index (χ1) is 10.9. The summed E-state index contributed by atoms with van der Waals surface area (Å²) in [4.78, 5) is 12.2. The van der Waals surface area contributed by atoms with E-state index in [9.17, 15) is 13.6 Å². The van der Waals surface area contributed by atoms with Gasteiger partial charge >= 0.3 is 0 Å². The van der Waals surface area contributed by atoms with Crippen LogP contribution in [0.15, 0.2) is 36.4 Å². The first kappa shape index (κ1) is 16.7. The summed E-state index contributed by atoms with van der Waals surface area (Å²) in [6.45, 7) is 1.74. The predicted octanol–water partition coefficient (Wildman–Crippen LogP) is 3.47. The van der Waals surface area contributed by atoms with Gasteiger partial charge < -0.3 is 14.8 Å². The van der Waals surface area contributed by atoms with E-state index < -0.39 is 23.6 Å². The standard InChI is InChI=1S/C17H17F2NO3/c1-10(15-9-14(22-2)4-5-16(15)23-3)20-17(21)11-6-12(18)8-13(19)7-11/h4-10H,1-3H3,(H,20,21). The van der Waals surface area contributed by atoms with Gasteiger partial charge in [-0.1, -0.05) is 0 Å². The third-order valence-electron chi connectivity index (χ3n) is 3.38. The maximum absolute atomic E-state index is 13.2. The molecule has 0 bridgehead atoms. The Kier molecular flexibility index (Phi) is 5.16. The SMILES string of the molecule is COc1ccc(OC)c(C(C)NC(=O)c2cc(F)cc(F)c2)c1. The van der Waals surface area contributed by atoms with Gasteiger partial charge in [-0.15, -0.1) is 0 Å². The van der Waals surface area contributed by atoms with Crippen molar-refractivity contribution < 1.29 is 23.0 Å². The zero-order valence-corrected chi connectivity index (χ0v) is 13.0. The third-order valence-corrected chi connectivity index (χ3v) is 3.38. The Hall–Kier alpha value is -2.63. The van der Waals surface area contributed by atoms with E-state index in [2.05, 4.69) is 5.32 Å². The first-order valence-electron chi connectivity index (χ1n) is 6.93. The number of hydrogen-bond acceptors (Lipinski definition) is 3. The molecule has 1 amide bonds. The molecule has 2 rings (SSSR count). The summed E-state index contributed by atoms with van der Waals surface area (Å²) >= 11 is 0. The van der Waals surface area contributed by atoms with Crippen molar-refractivity contribution >= 4 is 5.91 Å². The number of nitrogens with one attached hydrogen (secondary N) is 1. The lowest BCUT2D eigenvalue weighted by molar-refractivity contribution is 0.0938. The molecule has 0 spiro atoms. The van der Waals surface area contributed by atoms with Gasteiger partial charge in [0.15, 0.2) is 0 Å². The fraction of sp³-hybridized carbons (Fsp3) is 0.235. The Morgan fingerprint density at radius 3 is 2.26 bits per heavy atom. The van der Waals surface area contributed by atoms with E-state index in [0.717, 1.165) is 12.1 Å². The largest absolute Gasteiger partial charge is 0.497 e. The normalized spacial score (nSPS) is 11.7. The summed E-state index contributed by atoms with van der Waals surface area (Å²) in [6.07, 6.45) is 0. The van der Waals surface area contributed by atoms with Crippen LogP contribution in [0.1, 0.15) is 28.9 Å². The number of hydrogen-bond donors (Lipinski definition) is 1. The van der Waals surface area contributed by atoms with Gasteiger partial charge in [0.05, 0.1) is 20.3 Å². The smallest absolute Gasteiger partial charge is 0.251 e. The molecular weight excluding hydrogens is 304 g/mol. The Bertz CT molecular complexity index is 699. The fourth-order valence-corrected chi connectivity index (χ4v) is 2.22. The molecule has 0 radical (unpaired) electrons. The zero-order valence-electron chi connectivity index (χ0n) is 13.0. The summed E-state index contributed by atoms with van der Waals surface area (Å²) < 4.78 is 36.8. The topological polar surface area (TPSA) is 47.6 Å². The molecule has 6 heteroatoms. The summed E-state index contributed by atoms with van der Waals surface area (Å²) in [5.41, 5.74) is 0.605. The Morgan fingerprint density at radius 2 is 1.70 bits per heavy atom. The van der Waals surface area contributed by atoms with Crippen LogP contribution in [-0.2, 0) is 0 Å². The van der Waals surface area contributed by atoms with E-state index in [1.54, 1.807) is 25.1 Å². The molecule has 23 heavy (non-hydrogen) atoms. The number of carbonyl (C=O) groups is 1. The molecule has 0 aliphatic rings. The van der Waals surface area contributed by atoms with Gasteiger partial charge in [0.25, 0.3) is 5.91 Å². The maximum atomic E-state index is 13.2. The van der Waals surface area contributed by atoms with Crippen LogP contribution in [0.2, 0.25) is 0 Å². The van der Waals surface area contributed by atoms with Crippen molar-refractivity contribution in [3.8, 4) is 11.5 Å². The second-order valence-electron chi connectivity index (χ2n) is 4.96. The van der Waals surface area contributed by atoms with Crippen molar-refractivity contribution in [2.75, 3.05) is 14.2 Å². The summed E-state index contributed by atoms with van der Waals surface area (Å²) in [5.74, 6) is -1.01. The average molecular weight is 321 g/mol. The number of rotatable bonds is 5.